The minimum atomic E-state index is -0.740. The van der Waals surface area contributed by atoms with Crippen LogP contribution in [0.2, 0.25) is 0 Å². The third-order valence-electron chi connectivity index (χ3n) is 5.58. The highest BCUT2D eigenvalue weighted by atomic mass is 79.9. The van der Waals surface area contributed by atoms with Crippen LogP contribution in [0.4, 0.5) is 10.5 Å². The number of carbonyl (C=O) groups is 2. The van der Waals surface area contributed by atoms with Gasteiger partial charge in [0.05, 0.1) is 24.3 Å². The smallest absolute Gasteiger partial charge is 0.421 e. The Morgan fingerprint density at radius 2 is 1.78 bits per heavy atom. The number of imide groups is 1. The molecule has 7 heteroatoms. The zero-order chi connectivity index (χ0) is 19.4. The molecule has 0 atom stereocenters. The predicted octanol–water partition coefficient (Wildman–Crippen LogP) is 4.29. The van der Waals surface area contributed by atoms with Crippen LogP contribution in [0.3, 0.4) is 0 Å². The van der Waals surface area contributed by atoms with Crippen molar-refractivity contribution in [1.29, 1.82) is 0 Å². The molecule has 6 nitrogen and oxygen atoms in total. The van der Waals surface area contributed by atoms with Gasteiger partial charge >= 0.3 is 6.09 Å². The fraction of sp³-hybridized carbons (Fsp3) is 0.600. The Bertz CT molecular complexity index is 784. The lowest BCUT2D eigenvalue weighted by Gasteiger charge is -2.40. The second-order valence-corrected chi connectivity index (χ2v) is 9.39. The average molecular weight is 438 g/mol. The van der Waals surface area contributed by atoms with E-state index in [0.717, 1.165) is 10.0 Å². The van der Waals surface area contributed by atoms with E-state index in [1.165, 1.54) is 4.90 Å². The van der Waals surface area contributed by atoms with Gasteiger partial charge in [-0.3, -0.25) is 4.79 Å². The van der Waals surface area contributed by atoms with Crippen LogP contribution < -0.4 is 4.90 Å². The summed E-state index contributed by atoms with van der Waals surface area (Å²) < 4.78 is 18.0. The Morgan fingerprint density at radius 1 is 1.15 bits per heavy atom. The molecule has 27 heavy (non-hydrogen) atoms. The van der Waals surface area contributed by atoms with E-state index in [1.54, 1.807) is 20.8 Å². The normalized spacial score (nSPS) is 23.1. The molecule has 146 valence electrons. The highest BCUT2D eigenvalue weighted by Gasteiger charge is 2.58. The van der Waals surface area contributed by atoms with E-state index in [4.69, 9.17) is 14.2 Å². The van der Waals surface area contributed by atoms with Crippen molar-refractivity contribution in [3.8, 4) is 0 Å². The SMILES string of the molecule is CC(C)(C)OC(=O)N1C(=O)C2(CCC3(CC2)OCCO3)c2cc(Br)ccc21. The number of rotatable bonds is 0. The van der Waals surface area contributed by atoms with Crippen LogP contribution in [0, 0.1) is 0 Å². The Balaban J connectivity index is 1.71. The molecular weight excluding hydrogens is 414 g/mol. The monoisotopic (exact) mass is 437 g/mol. The van der Waals surface area contributed by atoms with E-state index < -0.39 is 22.9 Å². The van der Waals surface area contributed by atoms with Gasteiger partial charge in [0, 0.05) is 17.3 Å². The number of benzene rings is 1. The molecule has 2 fully saturated rings. The Kier molecular flexibility index (Phi) is 4.40. The third kappa shape index (κ3) is 3.09. The number of hydrogen-bond donors (Lipinski definition) is 0. The summed E-state index contributed by atoms with van der Waals surface area (Å²) in [4.78, 5) is 27.5. The molecule has 2 amide bonds. The number of ether oxygens (including phenoxy) is 3. The van der Waals surface area contributed by atoms with Crippen molar-refractivity contribution in [2.45, 2.75) is 63.3 Å². The molecular formula is C20H24BrNO5. The lowest BCUT2D eigenvalue weighted by molar-refractivity contribution is -0.185. The molecule has 3 aliphatic rings. The van der Waals surface area contributed by atoms with E-state index in [9.17, 15) is 9.59 Å². The highest BCUT2D eigenvalue weighted by Crippen LogP contribution is 2.54. The van der Waals surface area contributed by atoms with Crippen LogP contribution in [-0.2, 0) is 24.4 Å². The summed E-state index contributed by atoms with van der Waals surface area (Å²) in [5.74, 6) is -0.783. The summed E-state index contributed by atoms with van der Waals surface area (Å²) in [5, 5.41) is 0. The van der Waals surface area contributed by atoms with E-state index in [0.29, 0.717) is 44.6 Å². The molecule has 4 rings (SSSR count). The van der Waals surface area contributed by atoms with Gasteiger partial charge in [0.2, 0.25) is 5.91 Å². The summed E-state index contributed by atoms with van der Waals surface area (Å²) in [6.45, 7) is 6.56. The molecule has 1 saturated heterocycles. The first kappa shape index (κ1) is 18.9. The minimum Gasteiger partial charge on any atom is -0.443 e. The fourth-order valence-electron chi connectivity index (χ4n) is 4.34. The molecule has 0 unspecified atom stereocenters. The van der Waals surface area contributed by atoms with Gasteiger partial charge in [0.25, 0.3) is 0 Å². The number of fused-ring (bicyclic) bond motifs is 2. The molecule has 2 spiro atoms. The van der Waals surface area contributed by atoms with E-state index in [2.05, 4.69) is 15.9 Å². The Morgan fingerprint density at radius 3 is 2.37 bits per heavy atom. The lowest BCUT2D eigenvalue weighted by atomic mass is 9.68. The van der Waals surface area contributed by atoms with Gasteiger partial charge in [-0.1, -0.05) is 15.9 Å². The third-order valence-corrected chi connectivity index (χ3v) is 6.08. The van der Waals surface area contributed by atoms with Gasteiger partial charge in [-0.15, -0.1) is 0 Å². The standard InChI is InChI=1S/C20H24BrNO5/c1-18(2,3)27-17(24)22-15-5-4-13(21)12-14(15)19(16(22)23)6-8-20(9-7-19)25-10-11-26-20/h4-5,12H,6-11H2,1-3H3. The number of hydrogen-bond acceptors (Lipinski definition) is 5. The van der Waals surface area contributed by atoms with Crippen LogP contribution in [0.25, 0.3) is 0 Å². The van der Waals surface area contributed by atoms with Crippen molar-refractivity contribution in [3.05, 3.63) is 28.2 Å². The lowest BCUT2D eigenvalue weighted by Crippen LogP contribution is -2.49. The van der Waals surface area contributed by atoms with Gasteiger partial charge in [-0.2, -0.15) is 0 Å². The quantitative estimate of drug-likeness (QED) is 0.605. The van der Waals surface area contributed by atoms with Crippen molar-refractivity contribution in [1.82, 2.24) is 0 Å². The summed E-state index contributed by atoms with van der Waals surface area (Å²) in [6, 6.07) is 5.60. The zero-order valence-electron chi connectivity index (χ0n) is 15.8. The van der Waals surface area contributed by atoms with Crippen LogP contribution in [-0.4, -0.2) is 36.6 Å². The molecule has 0 radical (unpaired) electrons. The maximum atomic E-state index is 13.5. The molecule has 2 aliphatic heterocycles. The molecule has 0 bridgehead atoms. The van der Waals surface area contributed by atoms with Crippen LogP contribution in [0.1, 0.15) is 52.0 Å². The summed E-state index contributed by atoms with van der Waals surface area (Å²) in [5.41, 5.74) is 0.0729. The number of halogens is 1. The largest absolute Gasteiger partial charge is 0.443 e. The highest BCUT2D eigenvalue weighted by molar-refractivity contribution is 9.10. The van der Waals surface area contributed by atoms with Gasteiger partial charge < -0.3 is 14.2 Å². The number of nitrogens with zero attached hydrogens (tertiary/aromatic N) is 1. The second-order valence-electron chi connectivity index (χ2n) is 8.47. The van der Waals surface area contributed by atoms with Crippen molar-refractivity contribution in [3.63, 3.8) is 0 Å². The Labute approximate surface area is 167 Å². The van der Waals surface area contributed by atoms with Gasteiger partial charge in [0.15, 0.2) is 5.79 Å². The first-order valence-electron chi connectivity index (χ1n) is 9.31. The van der Waals surface area contributed by atoms with Crippen LogP contribution in [0.5, 0.6) is 0 Å². The van der Waals surface area contributed by atoms with Crippen LogP contribution in [0.15, 0.2) is 22.7 Å². The topological polar surface area (TPSA) is 65.1 Å². The maximum Gasteiger partial charge on any atom is 0.421 e. The van der Waals surface area contributed by atoms with Crippen molar-refractivity contribution < 1.29 is 23.8 Å². The first-order valence-corrected chi connectivity index (χ1v) is 10.1. The Hall–Kier alpha value is -1.44. The van der Waals surface area contributed by atoms with E-state index >= 15 is 0 Å². The van der Waals surface area contributed by atoms with Crippen molar-refractivity contribution in [2.24, 2.45) is 0 Å². The van der Waals surface area contributed by atoms with Gasteiger partial charge in [-0.25, -0.2) is 9.69 Å². The summed E-state index contributed by atoms with van der Waals surface area (Å²) >= 11 is 3.50. The van der Waals surface area contributed by atoms with Crippen LogP contribution >= 0.6 is 15.9 Å². The molecule has 1 aliphatic carbocycles. The molecule has 1 aromatic carbocycles. The number of carbonyl (C=O) groups excluding carboxylic acids is 2. The zero-order valence-corrected chi connectivity index (χ0v) is 17.4. The average Bonchev–Trinajstić information content (AvgIpc) is 3.12. The molecule has 1 saturated carbocycles. The van der Waals surface area contributed by atoms with Crippen molar-refractivity contribution in [2.75, 3.05) is 18.1 Å². The predicted molar refractivity (Wildman–Crippen MR) is 103 cm³/mol. The fourth-order valence-corrected chi connectivity index (χ4v) is 4.70. The van der Waals surface area contributed by atoms with E-state index in [-0.39, 0.29) is 5.91 Å². The molecule has 0 aromatic heterocycles. The molecule has 0 N–H and O–H groups in total. The number of anilines is 1. The summed E-state index contributed by atoms with van der Waals surface area (Å²) in [7, 11) is 0. The van der Waals surface area contributed by atoms with Gasteiger partial charge in [-0.05, 0) is 57.4 Å². The van der Waals surface area contributed by atoms with Crippen molar-refractivity contribution >= 4 is 33.6 Å². The second kappa shape index (κ2) is 6.29. The molecule has 2 heterocycles. The minimum absolute atomic E-state index is 0.210. The summed E-state index contributed by atoms with van der Waals surface area (Å²) in [6.07, 6.45) is 1.80. The number of amides is 2. The van der Waals surface area contributed by atoms with E-state index in [1.807, 2.05) is 18.2 Å². The maximum absolute atomic E-state index is 13.5. The molecule has 1 aromatic rings. The first-order chi connectivity index (χ1) is 12.7. The van der Waals surface area contributed by atoms with Gasteiger partial charge in [0.1, 0.15) is 5.60 Å².